The molecule has 21 heavy (non-hydrogen) atoms. The molecule has 2 aromatic carbocycles. The minimum atomic E-state index is 0.103. The summed E-state index contributed by atoms with van der Waals surface area (Å²) in [6.45, 7) is 4.90. The molecule has 1 amide bonds. The summed E-state index contributed by atoms with van der Waals surface area (Å²) in [5.74, 6) is 0.103. The van der Waals surface area contributed by atoms with Gasteiger partial charge in [-0.2, -0.15) is 0 Å². The summed E-state index contributed by atoms with van der Waals surface area (Å²) < 4.78 is 0. The first kappa shape index (κ1) is 15.3. The predicted molar refractivity (Wildman–Crippen MR) is 87.4 cm³/mol. The van der Waals surface area contributed by atoms with Crippen LogP contribution in [-0.4, -0.2) is 12.5 Å². The largest absolute Gasteiger partial charge is 0.356 e. The summed E-state index contributed by atoms with van der Waals surface area (Å²) >= 11 is 0. The van der Waals surface area contributed by atoms with Gasteiger partial charge in [-0.15, -0.1) is 0 Å². The van der Waals surface area contributed by atoms with Crippen molar-refractivity contribution in [2.24, 2.45) is 0 Å². The highest BCUT2D eigenvalue weighted by molar-refractivity contribution is 5.78. The second-order valence-electron chi connectivity index (χ2n) is 5.53. The van der Waals surface area contributed by atoms with Gasteiger partial charge in [0.2, 0.25) is 5.91 Å². The zero-order valence-corrected chi connectivity index (χ0v) is 12.9. The van der Waals surface area contributed by atoms with Gasteiger partial charge in [-0.3, -0.25) is 4.79 Å². The van der Waals surface area contributed by atoms with E-state index in [-0.39, 0.29) is 5.91 Å². The fraction of sp³-hybridized carbons (Fsp3) is 0.316. The van der Waals surface area contributed by atoms with Crippen molar-refractivity contribution in [1.29, 1.82) is 0 Å². The molecule has 0 radical (unpaired) electrons. The normalized spacial score (nSPS) is 10.4. The zero-order chi connectivity index (χ0) is 15.1. The minimum Gasteiger partial charge on any atom is -0.356 e. The van der Waals surface area contributed by atoms with Crippen LogP contribution in [0.4, 0.5) is 0 Å². The summed E-state index contributed by atoms with van der Waals surface area (Å²) in [4.78, 5) is 11.9. The predicted octanol–water partition coefficient (Wildman–Crippen LogP) is 3.59. The third-order valence-electron chi connectivity index (χ3n) is 3.74. The Balaban J connectivity index is 1.71. The van der Waals surface area contributed by atoms with Crippen LogP contribution in [0.2, 0.25) is 0 Å². The van der Waals surface area contributed by atoms with Crippen LogP contribution < -0.4 is 5.32 Å². The molecule has 0 atom stereocenters. The van der Waals surface area contributed by atoms with E-state index in [9.17, 15) is 4.79 Å². The average molecular weight is 281 g/mol. The maximum Gasteiger partial charge on any atom is 0.224 e. The van der Waals surface area contributed by atoms with Crippen molar-refractivity contribution in [2.45, 2.75) is 33.1 Å². The van der Waals surface area contributed by atoms with Crippen LogP contribution in [-0.2, 0) is 17.6 Å². The second kappa shape index (κ2) is 7.63. The molecule has 2 rings (SSSR count). The number of benzene rings is 2. The summed E-state index contributed by atoms with van der Waals surface area (Å²) in [5.41, 5.74) is 4.91. The van der Waals surface area contributed by atoms with E-state index in [2.05, 4.69) is 43.4 Å². The van der Waals surface area contributed by atoms with E-state index < -0.39 is 0 Å². The summed E-state index contributed by atoms with van der Waals surface area (Å²) in [6, 6.07) is 16.6. The molecule has 0 aliphatic heterocycles. The van der Waals surface area contributed by atoms with E-state index in [4.69, 9.17) is 0 Å². The molecule has 0 saturated carbocycles. The number of nitrogens with one attached hydrogen (secondary N) is 1. The van der Waals surface area contributed by atoms with Gasteiger partial charge in [-0.25, -0.2) is 0 Å². The topological polar surface area (TPSA) is 29.1 Å². The third kappa shape index (κ3) is 5.07. The van der Waals surface area contributed by atoms with E-state index in [1.807, 2.05) is 24.3 Å². The lowest BCUT2D eigenvalue weighted by Crippen LogP contribution is -2.26. The molecule has 110 valence electrons. The number of hydrogen-bond acceptors (Lipinski definition) is 1. The van der Waals surface area contributed by atoms with Crippen molar-refractivity contribution in [2.75, 3.05) is 6.54 Å². The van der Waals surface area contributed by atoms with E-state index >= 15 is 0 Å². The van der Waals surface area contributed by atoms with Crippen LogP contribution in [0.15, 0.2) is 48.5 Å². The van der Waals surface area contributed by atoms with Crippen LogP contribution >= 0.6 is 0 Å². The Hall–Kier alpha value is -2.09. The Morgan fingerprint density at radius 3 is 2.43 bits per heavy atom. The molecule has 2 heteroatoms. The Morgan fingerprint density at radius 1 is 0.952 bits per heavy atom. The molecule has 0 aliphatic rings. The van der Waals surface area contributed by atoms with Gasteiger partial charge in [0.05, 0.1) is 6.42 Å². The molecule has 0 heterocycles. The molecule has 0 unspecified atom stereocenters. The minimum absolute atomic E-state index is 0.103. The fourth-order valence-electron chi connectivity index (χ4n) is 2.33. The SMILES string of the molecule is Cc1ccc(CC(=O)NCCCc2ccccc2)cc1C. The van der Waals surface area contributed by atoms with Gasteiger partial charge in [-0.05, 0) is 48.9 Å². The quantitative estimate of drug-likeness (QED) is 0.805. The maximum atomic E-state index is 11.9. The smallest absolute Gasteiger partial charge is 0.224 e. The molecular weight excluding hydrogens is 258 g/mol. The first-order chi connectivity index (χ1) is 10.1. The molecule has 0 bridgehead atoms. The van der Waals surface area contributed by atoms with Gasteiger partial charge in [0, 0.05) is 6.54 Å². The van der Waals surface area contributed by atoms with E-state index in [1.54, 1.807) is 0 Å². The number of carbonyl (C=O) groups excluding carboxylic acids is 1. The Bertz CT molecular complexity index is 590. The van der Waals surface area contributed by atoms with Crippen LogP contribution in [0, 0.1) is 13.8 Å². The Kier molecular flexibility index (Phi) is 5.56. The molecule has 0 spiro atoms. The highest BCUT2D eigenvalue weighted by Gasteiger charge is 2.04. The molecular formula is C19H23NO. The summed E-state index contributed by atoms with van der Waals surface area (Å²) in [5, 5.41) is 3.00. The van der Waals surface area contributed by atoms with Crippen molar-refractivity contribution in [3.05, 3.63) is 70.8 Å². The average Bonchev–Trinajstić information content (AvgIpc) is 2.49. The van der Waals surface area contributed by atoms with Crippen LogP contribution in [0.1, 0.15) is 28.7 Å². The van der Waals surface area contributed by atoms with Crippen LogP contribution in [0.5, 0.6) is 0 Å². The van der Waals surface area contributed by atoms with Crippen molar-refractivity contribution in [1.82, 2.24) is 5.32 Å². The first-order valence-corrected chi connectivity index (χ1v) is 7.52. The van der Waals surface area contributed by atoms with Crippen molar-refractivity contribution in [3.63, 3.8) is 0 Å². The monoisotopic (exact) mass is 281 g/mol. The summed E-state index contributed by atoms with van der Waals surface area (Å²) in [7, 11) is 0. The molecule has 2 aromatic rings. The van der Waals surface area contributed by atoms with E-state index in [0.717, 1.165) is 24.9 Å². The van der Waals surface area contributed by atoms with Crippen molar-refractivity contribution < 1.29 is 4.79 Å². The highest BCUT2D eigenvalue weighted by atomic mass is 16.1. The van der Waals surface area contributed by atoms with Crippen molar-refractivity contribution in [3.8, 4) is 0 Å². The second-order valence-corrected chi connectivity index (χ2v) is 5.53. The zero-order valence-electron chi connectivity index (χ0n) is 12.9. The standard InChI is InChI=1S/C19H23NO/c1-15-10-11-18(13-16(15)2)14-19(21)20-12-6-9-17-7-4-3-5-8-17/h3-5,7-8,10-11,13H,6,9,12,14H2,1-2H3,(H,20,21). The lowest BCUT2D eigenvalue weighted by Gasteiger charge is -2.07. The lowest BCUT2D eigenvalue weighted by molar-refractivity contribution is -0.120. The fourth-order valence-corrected chi connectivity index (χ4v) is 2.33. The number of aryl methyl sites for hydroxylation is 3. The molecule has 2 nitrogen and oxygen atoms in total. The lowest BCUT2D eigenvalue weighted by atomic mass is 10.0. The Morgan fingerprint density at radius 2 is 1.71 bits per heavy atom. The van der Waals surface area contributed by atoms with Crippen LogP contribution in [0.25, 0.3) is 0 Å². The van der Waals surface area contributed by atoms with Crippen molar-refractivity contribution >= 4 is 5.91 Å². The third-order valence-corrected chi connectivity index (χ3v) is 3.74. The number of amides is 1. The molecule has 1 N–H and O–H groups in total. The number of rotatable bonds is 6. The number of hydrogen-bond donors (Lipinski definition) is 1. The van der Waals surface area contributed by atoms with Gasteiger partial charge >= 0.3 is 0 Å². The van der Waals surface area contributed by atoms with Crippen LogP contribution in [0.3, 0.4) is 0 Å². The summed E-state index contributed by atoms with van der Waals surface area (Å²) in [6.07, 6.45) is 2.44. The Labute approximate surface area is 127 Å². The highest BCUT2D eigenvalue weighted by Crippen LogP contribution is 2.10. The molecule has 0 fully saturated rings. The van der Waals surface area contributed by atoms with Gasteiger partial charge in [0.15, 0.2) is 0 Å². The van der Waals surface area contributed by atoms with Gasteiger partial charge in [0.25, 0.3) is 0 Å². The van der Waals surface area contributed by atoms with Gasteiger partial charge in [-0.1, -0.05) is 48.5 Å². The molecule has 0 saturated heterocycles. The number of carbonyl (C=O) groups is 1. The molecule has 0 aromatic heterocycles. The van der Waals surface area contributed by atoms with E-state index in [1.165, 1.54) is 16.7 Å². The maximum absolute atomic E-state index is 11.9. The van der Waals surface area contributed by atoms with Gasteiger partial charge < -0.3 is 5.32 Å². The van der Waals surface area contributed by atoms with Gasteiger partial charge in [0.1, 0.15) is 0 Å². The van der Waals surface area contributed by atoms with E-state index in [0.29, 0.717) is 6.42 Å². The molecule has 0 aliphatic carbocycles. The first-order valence-electron chi connectivity index (χ1n) is 7.52.